The third-order valence-electron chi connectivity index (χ3n) is 5.07. The van der Waals surface area contributed by atoms with Gasteiger partial charge in [-0.05, 0) is 65.7 Å². The summed E-state index contributed by atoms with van der Waals surface area (Å²) in [6.45, 7) is 12.2. The van der Waals surface area contributed by atoms with E-state index in [0.717, 1.165) is 0 Å². The van der Waals surface area contributed by atoms with Gasteiger partial charge in [-0.15, -0.1) is 0 Å². The van der Waals surface area contributed by atoms with Crippen molar-refractivity contribution in [2.75, 3.05) is 13.2 Å². The Balaban J connectivity index is 3.26. The van der Waals surface area contributed by atoms with Crippen molar-refractivity contribution in [3.05, 3.63) is 29.8 Å². The van der Waals surface area contributed by atoms with Gasteiger partial charge in [0.05, 0.1) is 13.0 Å². The van der Waals surface area contributed by atoms with Gasteiger partial charge in [0.25, 0.3) is 0 Å². The standard InChI is InChI=1S/C25H39N3O7/c1-8-16(3)28(23(32)17(4)27-24(33)35-25(5,6)7)21(18-11-10-12-19(29)15-18)22(31)26-14-13-20(30)34-9-2/h10-12,15-17,21,29H,8-9,13-14H2,1-7H3,(H,26,31)(H,27,33). The summed E-state index contributed by atoms with van der Waals surface area (Å²) in [6, 6.07) is 3.56. The smallest absolute Gasteiger partial charge is 0.408 e. The lowest BCUT2D eigenvalue weighted by atomic mass is 10.00. The molecule has 196 valence electrons. The predicted octanol–water partition coefficient (Wildman–Crippen LogP) is 3.04. The molecule has 0 saturated heterocycles. The lowest BCUT2D eigenvalue weighted by Gasteiger charge is -2.37. The molecule has 3 N–H and O–H groups in total. The maximum absolute atomic E-state index is 13.6. The number of amides is 3. The third-order valence-corrected chi connectivity index (χ3v) is 5.07. The molecule has 0 aromatic heterocycles. The number of esters is 1. The molecule has 0 spiro atoms. The molecule has 0 radical (unpaired) electrons. The number of phenols is 1. The van der Waals surface area contributed by atoms with E-state index < -0.39 is 47.6 Å². The van der Waals surface area contributed by atoms with Crippen LogP contribution in [0.15, 0.2) is 24.3 Å². The Hall–Kier alpha value is -3.30. The highest BCUT2D eigenvalue weighted by Crippen LogP contribution is 2.28. The summed E-state index contributed by atoms with van der Waals surface area (Å²) >= 11 is 0. The van der Waals surface area contributed by atoms with E-state index in [1.807, 2.05) is 6.92 Å². The van der Waals surface area contributed by atoms with E-state index in [-0.39, 0.29) is 25.3 Å². The lowest BCUT2D eigenvalue weighted by molar-refractivity contribution is -0.145. The molecule has 0 aliphatic heterocycles. The van der Waals surface area contributed by atoms with Gasteiger partial charge in [0, 0.05) is 12.6 Å². The first-order valence-electron chi connectivity index (χ1n) is 11.8. The number of hydrogen-bond acceptors (Lipinski definition) is 7. The minimum Gasteiger partial charge on any atom is -0.508 e. The molecule has 10 nitrogen and oxygen atoms in total. The van der Waals surface area contributed by atoms with Crippen molar-refractivity contribution in [1.29, 1.82) is 0 Å². The number of benzene rings is 1. The Labute approximate surface area is 207 Å². The molecular formula is C25H39N3O7. The summed E-state index contributed by atoms with van der Waals surface area (Å²) in [6.07, 6.45) is -0.258. The summed E-state index contributed by atoms with van der Waals surface area (Å²) < 4.78 is 10.1. The molecule has 1 rings (SSSR count). The van der Waals surface area contributed by atoms with Crippen LogP contribution in [0.25, 0.3) is 0 Å². The van der Waals surface area contributed by atoms with E-state index in [0.29, 0.717) is 12.0 Å². The summed E-state index contributed by atoms with van der Waals surface area (Å²) in [4.78, 5) is 52.2. The monoisotopic (exact) mass is 493 g/mol. The molecule has 3 atom stereocenters. The number of phenolic OH excluding ortho intramolecular Hbond substituents is 1. The van der Waals surface area contributed by atoms with Gasteiger partial charge >= 0.3 is 12.1 Å². The predicted molar refractivity (Wildman–Crippen MR) is 131 cm³/mol. The molecule has 3 amide bonds. The second-order valence-electron chi connectivity index (χ2n) is 9.21. The van der Waals surface area contributed by atoms with E-state index in [4.69, 9.17) is 9.47 Å². The number of carbonyl (C=O) groups is 4. The van der Waals surface area contributed by atoms with Gasteiger partial charge in [0.1, 0.15) is 23.4 Å². The van der Waals surface area contributed by atoms with Crippen molar-refractivity contribution < 1.29 is 33.8 Å². The number of aromatic hydroxyl groups is 1. The summed E-state index contributed by atoms with van der Waals surface area (Å²) in [5, 5.41) is 15.3. The normalized spacial score (nSPS) is 13.7. The van der Waals surface area contributed by atoms with E-state index >= 15 is 0 Å². The molecular weight excluding hydrogens is 454 g/mol. The van der Waals surface area contributed by atoms with Crippen LogP contribution < -0.4 is 10.6 Å². The van der Waals surface area contributed by atoms with Crippen LogP contribution in [0.4, 0.5) is 4.79 Å². The van der Waals surface area contributed by atoms with Crippen LogP contribution in [-0.4, -0.2) is 64.7 Å². The number of alkyl carbamates (subject to hydrolysis) is 1. The number of rotatable bonds is 11. The van der Waals surface area contributed by atoms with Crippen molar-refractivity contribution in [2.45, 2.75) is 85.0 Å². The number of nitrogens with one attached hydrogen (secondary N) is 2. The largest absolute Gasteiger partial charge is 0.508 e. The number of carbonyl (C=O) groups excluding carboxylic acids is 4. The maximum Gasteiger partial charge on any atom is 0.408 e. The second kappa shape index (κ2) is 13.6. The Morgan fingerprint density at radius 3 is 2.31 bits per heavy atom. The molecule has 0 bridgehead atoms. The molecule has 10 heteroatoms. The summed E-state index contributed by atoms with van der Waals surface area (Å²) in [7, 11) is 0. The van der Waals surface area contributed by atoms with Gasteiger partial charge in [-0.1, -0.05) is 19.1 Å². The first kappa shape index (κ1) is 29.7. The van der Waals surface area contributed by atoms with Crippen LogP contribution in [-0.2, 0) is 23.9 Å². The van der Waals surface area contributed by atoms with Crippen molar-refractivity contribution >= 4 is 23.9 Å². The summed E-state index contributed by atoms with van der Waals surface area (Å²) in [5.41, 5.74) is -0.358. The highest BCUT2D eigenvalue weighted by atomic mass is 16.6. The minimum atomic E-state index is -1.12. The van der Waals surface area contributed by atoms with E-state index in [1.165, 1.54) is 24.0 Å². The zero-order valence-electron chi connectivity index (χ0n) is 21.7. The van der Waals surface area contributed by atoms with Crippen LogP contribution >= 0.6 is 0 Å². The van der Waals surface area contributed by atoms with Crippen LogP contribution in [0, 0.1) is 0 Å². The fourth-order valence-electron chi connectivity index (χ4n) is 3.32. The number of hydrogen-bond donors (Lipinski definition) is 3. The number of ether oxygens (including phenoxy) is 2. The molecule has 0 heterocycles. The Morgan fingerprint density at radius 2 is 1.77 bits per heavy atom. The first-order valence-corrected chi connectivity index (χ1v) is 11.8. The average Bonchev–Trinajstić information content (AvgIpc) is 2.75. The Kier molecular flexibility index (Phi) is 11.5. The van der Waals surface area contributed by atoms with Gasteiger partial charge in [0.2, 0.25) is 11.8 Å². The van der Waals surface area contributed by atoms with Gasteiger partial charge in [-0.2, -0.15) is 0 Å². The van der Waals surface area contributed by atoms with Crippen LogP contribution in [0.1, 0.15) is 72.9 Å². The Morgan fingerprint density at radius 1 is 1.11 bits per heavy atom. The quantitative estimate of drug-likeness (QED) is 0.403. The zero-order valence-corrected chi connectivity index (χ0v) is 21.7. The highest BCUT2D eigenvalue weighted by Gasteiger charge is 2.37. The van der Waals surface area contributed by atoms with Crippen LogP contribution in [0.3, 0.4) is 0 Å². The zero-order chi connectivity index (χ0) is 26.8. The topological polar surface area (TPSA) is 134 Å². The molecule has 1 aromatic rings. The molecule has 0 saturated carbocycles. The highest BCUT2D eigenvalue weighted by molar-refractivity contribution is 5.92. The minimum absolute atomic E-state index is 0.0151. The van der Waals surface area contributed by atoms with Crippen molar-refractivity contribution in [2.24, 2.45) is 0 Å². The molecule has 0 aliphatic carbocycles. The molecule has 3 unspecified atom stereocenters. The number of nitrogens with zero attached hydrogens (tertiary/aromatic N) is 1. The molecule has 0 aliphatic rings. The first-order chi connectivity index (χ1) is 16.3. The third kappa shape index (κ3) is 9.84. The van der Waals surface area contributed by atoms with Crippen LogP contribution in [0.2, 0.25) is 0 Å². The lowest BCUT2D eigenvalue weighted by Crippen LogP contribution is -2.54. The SMILES string of the molecule is CCOC(=O)CCNC(=O)C(c1cccc(O)c1)N(C(=O)C(C)NC(=O)OC(C)(C)C)C(C)CC. The van der Waals surface area contributed by atoms with Gasteiger partial charge < -0.3 is 30.1 Å². The fraction of sp³-hybridized carbons (Fsp3) is 0.600. The van der Waals surface area contributed by atoms with Crippen molar-refractivity contribution in [3.8, 4) is 5.75 Å². The van der Waals surface area contributed by atoms with Gasteiger partial charge in [-0.25, -0.2) is 4.79 Å². The van der Waals surface area contributed by atoms with Crippen LogP contribution in [0.5, 0.6) is 5.75 Å². The maximum atomic E-state index is 13.6. The van der Waals surface area contributed by atoms with Crippen molar-refractivity contribution in [3.63, 3.8) is 0 Å². The van der Waals surface area contributed by atoms with E-state index in [1.54, 1.807) is 46.8 Å². The fourth-order valence-corrected chi connectivity index (χ4v) is 3.32. The summed E-state index contributed by atoms with van der Waals surface area (Å²) in [5.74, 6) is -1.55. The molecule has 0 fully saturated rings. The van der Waals surface area contributed by atoms with Gasteiger partial charge in [0.15, 0.2) is 0 Å². The Bertz CT molecular complexity index is 882. The second-order valence-corrected chi connectivity index (χ2v) is 9.21. The van der Waals surface area contributed by atoms with Crippen molar-refractivity contribution in [1.82, 2.24) is 15.5 Å². The van der Waals surface area contributed by atoms with E-state index in [9.17, 15) is 24.3 Å². The molecule has 35 heavy (non-hydrogen) atoms. The molecule has 1 aromatic carbocycles. The average molecular weight is 494 g/mol. The van der Waals surface area contributed by atoms with E-state index in [2.05, 4.69) is 10.6 Å². The van der Waals surface area contributed by atoms with Gasteiger partial charge in [-0.3, -0.25) is 14.4 Å².